The second-order valence-electron chi connectivity index (χ2n) is 4.62. The maximum absolute atomic E-state index is 11.0. The first-order valence-electron chi connectivity index (χ1n) is 6.38. The van der Waals surface area contributed by atoms with Crippen LogP contribution in [-0.2, 0) is 11.8 Å². The highest BCUT2D eigenvalue weighted by Crippen LogP contribution is 2.26. The van der Waals surface area contributed by atoms with E-state index in [0.29, 0.717) is 10.9 Å². The summed E-state index contributed by atoms with van der Waals surface area (Å²) >= 11 is 3.30. The first kappa shape index (κ1) is 14.7. The van der Waals surface area contributed by atoms with Crippen LogP contribution in [0.1, 0.15) is 29.4 Å². The van der Waals surface area contributed by atoms with E-state index in [2.05, 4.69) is 28.0 Å². The van der Waals surface area contributed by atoms with Crippen molar-refractivity contribution in [2.24, 2.45) is 0 Å². The van der Waals surface area contributed by atoms with Crippen molar-refractivity contribution in [3.05, 3.63) is 50.8 Å². The first-order chi connectivity index (χ1) is 9.49. The van der Waals surface area contributed by atoms with Gasteiger partial charge in [0.1, 0.15) is 0 Å². The van der Waals surface area contributed by atoms with Crippen molar-refractivity contribution in [2.75, 3.05) is 0 Å². The van der Waals surface area contributed by atoms with Crippen molar-refractivity contribution in [1.29, 1.82) is 0 Å². The summed E-state index contributed by atoms with van der Waals surface area (Å²) in [4.78, 5) is 10.6. The number of rotatable bonds is 4. The van der Waals surface area contributed by atoms with Crippen LogP contribution < -0.4 is 0 Å². The third-order valence-electron chi connectivity index (χ3n) is 3.44. The highest BCUT2D eigenvalue weighted by molar-refractivity contribution is 9.08. The van der Waals surface area contributed by atoms with E-state index in [-0.39, 0.29) is 10.6 Å². The molecule has 2 aromatic rings. The van der Waals surface area contributed by atoms with Crippen molar-refractivity contribution in [1.82, 2.24) is 9.78 Å². The van der Waals surface area contributed by atoms with Crippen LogP contribution >= 0.6 is 15.9 Å². The first-order valence-corrected chi connectivity index (χ1v) is 7.50. The summed E-state index contributed by atoms with van der Waals surface area (Å²) in [5.74, 6) is 0. The van der Waals surface area contributed by atoms with Crippen LogP contribution in [0.4, 0.5) is 5.69 Å². The van der Waals surface area contributed by atoms with E-state index < -0.39 is 0 Å². The quantitative estimate of drug-likeness (QED) is 0.483. The summed E-state index contributed by atoms with van der Waals surface area (Å²) in [7, 11) is 0. The minimum atomic E-state index is -0.362. The van der Waals surface area contributed by atoms with Crippen LogP contribution in [0.25, 0.3) is 5.69 Å². The zero-order valence-corrected chi connectivity index (χ0v) is 13.3. The summed E-state index contributed by atoms with van der Waals surface area (Å²) in [5.41, 5.74) is 4.94. The largest absolute Gasteiger partial charge is 0.273 e. The molecule has 2 rings (SSSR count). The molecule has 20 heavy (non-hydrogen) atoms. The fraction of sp³-hybridized carbons (Fsp3) is 0.357. The Morgan fingerprint density at radius 2 is 2.10 bits per heavy atom. The van der Waals surface area contributed by atoms with Gasteiger partial charge in [0.05, 0.1) is 16.3 Å². The van der Waals surface area contributed by atoms with Crippen molar-refractivity contribution < 1.29 is 4.92 Å². The Bertz CT molecular complexity index is 665. The van der Waals surface area contributed by atoms with Gasteiger partial charge in [-0.1, -0.05) is 22.9 Å². The Morgan fingerprint density at radius 3 is 2.60 bits per heavy atom. The Hall–Kier alpha value is -1.69. The highest BCUT2D eigenvalue weighted by Gasteiger charge is 2.16. The molecule has 0 N–H and O–H groups in total. The van der Waals surface area contributed by atoms with Crippen LogP contribution in [0.5, 0.6) is 0 Å². The second kappa shape index (κ2) is 5.75. The second-order valence-corrected chi connectivity index (χ2v) is 5.18. The SMILES string of the molecule is CCc1c(C)nn(-c2ccc([N+](=O)[O-])c(CBr)c2)c1C. The van der Waals surface area contributed by atoms with Crippen molar-refractivity contribution >= 4 is 21.6 Å². The third-order valence-corrected chi connectivity index (χ3v) is 4.05. The lowest BCUT2D eigenvalue weighted by Gasteiger charge is -2.07. The van der Waals surface area contributed by atoms with Crippen LogP contribution in [0.15, 0.2) is 18.2 Å². The van der Waals surface area contributed by atoms with Gasteiger partial charge >= 0.3 is 0 Å². The lowest BCUT2D eigenvalue weighted by Crippen LogP contribution is -2.02. The lowest BCUT2D eigenvalue weighted by molar-refractivity contribution is -0.385. The van der Waals surface area contributed by atoms with Gasteiger partial charge in [0.15, 0.2) is 0 Å². The summed E-state index contributed by atoms with van der Waals surface area (Å²) in [6.07, 6.45) is 0.927. The molecular weight excluding hydrogens is 322 g/mol. The fourth-order valence-electron chi connectivity index (χ4n) is 2.43. The van der Waals surface area contributed by atoms with Crippen LogP contribution in [-0.4, -0.2) is 14.7 Å². The number of halogens is 1. The summed E-state index contributed by atoms with van der Waals surface area (Å²) in [6.45, 7) is 6.11. The van der Waals surface area contributed by atoms with Gasteiger partial charge in [0, 0.05) is 22.7 Å². The molecule has 6 heteroatoms. The molecule has 0 amide bonds. The molecule has 0 unspecified atom stereocenters. The third kappa shape index (κ3) is 2.47. The van der Waals surface area contributed by atoms with Crippen molar-refractivity contribution in [2.45, 2.75) is 32.5 Å². The molecule has 0 saturated heterocycles. The monoisotopic (exact) mass is 337 g/mol. The Balaban J connectivity index is 2.57. The van der Waals surface area contributed by atoms with E-state index in [9.17, 15) is 10.1 Å². The molecule has 5 nitrogen and oxygen atoms in total. The normalized spacial score (nSPS) is 10.8. The number of hydrogen-bond acceptors (Lipinski definition) is 3. The number of hydrogen-bond donors (Lipinski definition) is 0. The molecule has 1 aromatic carbocycles. The van der Waals surface area contributed by atoms with Crippen LogP contribution in [0.2, 0.25) is 0 Å². The van der Waals surface area contributed by atoms with E-state index in [1.165, 1.54) is 11.6 Å². The molecule has 0 fully saturated rings. The molecule has 0 spiro atoms. The predicted molar refractivity (Wildman–Crippen MR) is 81.7 cm³/mol. The van der Waals surface area contributed by atoms with Gasteiger partial charge in [-0.25, -0.2) is 4.68 Å². The van der Waals surface area contributed by atoms with E-state index >= 15 is 0 Å². The summed E-state index contributed by atoms with van der Waals surface area (Å²) < 4.78 is 1.85. The minimum Gasteiger partial charge on any atom is -0.258 e. The number of nitro benzene ring substituents is 1. The van der Waals surface area contributed by atoms with Gasteiger partial charge in [0.2, 0.25) is 0 Å². The van der Waals surface area contributed by atoms with Crippen LogP contribution in [0.3, 0.4) is 0 Å². The molecule has 0 aliphatic carbocycles. The maximum Gasteiger partial charge on any atom is 0.273 e. The lowest BCUT2D eigenvalue weighted by atomic mass is 10.1. The van der Waals surface area contributed by atoms with Crippen molar-refractivity contribution in [3.63, 3.8) is 0 Å². The number of aromatic nitrogens is 2. The van der Waals surface area contributed by atoms with E-state index in [0.717, 1.165) is 23.5 Å². The molecule has 106 valence electrons. The topological polar surface area (TPSA) is 61.0 Å². The highest BCUT2D eigenvalue weighted by atomic mass is 79.9. The maximum atomic E-state index is 11.0. The van der Waals surface area contributed by atoms with Gasteiger partial charge in [-0.05, 0) is 38.0 Å². The predicted octanol–water partition coefficient (Wildman–Crippen LogP) is 3.85. The molecule has 0 atom stereocenters. The number of alkyl halides is 1. The van der Waals surface area contributed by atoms with E-state index in [4.69, 9.17) is 0 Å². The molecule has 1 heterocycles. The molecule has 0 aliphatic heterocycles. The average Bonchev–Trinajstić information content (AvgIpc) is 2.72. The molecule has 1 aromatic heterocycles. The Morgan fingerprint density at radius 1 is 1.40 bits per heavy atom. The van der Waals surface area contributed by atoms with Crippen molar-refractivity contribution in [3.8, 4) is 5.69 Å². The van der Waals surface area contributed by atoms with E-state index in [1.807, 2.05) is 24.6 Å². The number of aryl methyl sites for hydroxylation is 1. The molecule has 0 radical (unpaired) electrons. The smallest absolute Gasteiger partial charge is 0.258 e. The van der Waals surface area contributed by atoms with Gasteiger partial charge in [-0.3, -0.25) is 10.1 Å². The molecular formula is C14H16BrN3O2. The van der Waals surface area contributed by atoms with E-state index in [1.54, 1.807) is 6.07 Å². The minimum absolute atomic E-state index is 0.128. The number of nitro groups is 1. The number of nitrogens with zero attached hydrogens (tertiary/aromatic N) is 3. The standard InChI is InChI=1S/C14H16BrN3O2/c1-4-13-9(2)16-17(10(13)3)12-5-6-14(18(19)20)11(7-12)8-15/h5-7H,4,8H2,1-3H3. The summed E-state index contributed by atoms with van der Waals surface area (Å²) in [6, 6.07) is 5.09. The number of benzene rings is 1. The average molecular weight is 338 g/mol. The van der Waals surface area contributed by atoms with Gasteiger partial charge in [-0.2, -0.15) is 5.10 Å². The van der Waals surface area contributed by atoms with Crippen LogP contribution in [0, 0.1) is 24.0 Å². The van der Waals surface area contributed by atoms with Gasteiger partial charge in [-0.15, -0.1) is 0 Å². The molecule has 0 aliphatic rings. The Kier molecular flexibility index (Phi) is 4.23. The summed E-state index contributed by atoms with van der Waals surface area (Å²) in [5, 5.41) is 15.9. The van der Waals surface area contributed by atoms with Gasteiger partial charge in [0.25, 0.3) is 5.69 Å². The molecule has 0 bridgehead atoms. The zero-order valence-electron chi connectivity index (χ0n) is 11.7. The molecule has 0 saturated carbocycles. The Labute approximate surface area is 125 Å². The van der Waals surface area contributed by atoms with Gasteiger partial charge < -0.3 is 0 Å². The fourth-order valence-corrected chi connectivity index (χ4v) is 2.88. The zero-order chi connectivity index (χ0) is 14.9.